The average Bonchev–Trinajstić information content (AvgIpc) is 3.45. The molecule has 2 N–H and O–H groups in total. The number of carbonyl (C=O) groups excluding carboxylic acids is 1. The second kappa shape index (κ2) is 7.67. The maximum Gasteiger partial charge on any atom is 0.333 e. The minimum Gasteiger partial charge on any atom is -0.350 e. The molecule has 2 heterocycles. The van der Waals surface area contributed by atoms with Gasteiger partial charge in [0.15, 0.2) is 0 Å². The molecule has 1 aromatic carbocycles. The number of carbonyl (C=O) groups is 1. The lowest BCUT2D eigenvalue weighted by Gasteiger charge is -2.30. The molecule has 1 unspecified atom stereocenters. The monoisotopic (exact) mass is 442 g/mol. The van der Waals surface area contributed by atoms with Gasteiger partial charge in [0.05, 0.1) is 0 Å². The van der Waals surface area contributed by atoms with Gasteiger partial charge in [-0.05, 0) is 87.4 Å². The van der Waals surface area contributed by atoms with E-state index in [0.29, 0.717) is 12.5 Å². The summed E-state index contributed by atoms with van der Waals surface area (Å²) < 4.78 is 30.5. The number of anilines is 1. The molecule has 0 saturated carbocycles. The van der Waals surface area contributed by atoms with E-state index >= 15 is 0 Å². The van der Waals surface area contributed by atoms with Crippen molar-refractivity contribution in [2.24, 2.45) is 0 Å². The molecule has 0 saturated heterocycles. The lowest BCUT2D eigenvalue weighted by molar-refractivity contribution is 0.243. The van der Waals surface area contributed by atoms with Gasteiger partial charge in [-0.1, -0.05) is 6.07 Å². The summed E-state index contributed by atoms with van der Waals surface area (Å²) in [7, 11) is 0.0712. The molecule has 31 heavy (non-hydrogen) atoms. The molecule has 0 radical (unpaired) electrons. The first-order valence-electron chi connectivity index (χ1n) is 11.2. The molecule has 1 atom stereocenters. The van der Waals surface area contributed by atoms with Gasteiger partial charge in [0.25, 0.3) is 10.0 Å². The fraction of sp³-hybridized carbons (Fsp3) is 0.522. The Balaban J connectivity index is 1.39. The van der Waals surface area contributed by atoms with Crippen LogP contribution in [0.3, 0.4) is 0 Å². The Bertz CT molecular complexity index is 1120. The van der Waals surface area contributed by atoms with Crippen molar-refractivity contribution in [3.63, 3.8) is 0 Å². The zero-order valence-corrected chi connectivity index (χ0v) is 19.0. The van der Waals surface area contributed by atoms with Gasteiger partial charge in [0, 0.05) is 36.6 Å². The number of hydrogen-bond donors (Lipinski definition) is 2. The van der Waals surface area contributed by atoms with Crippen LogP contribution in [0.2, 0.25) is 0 Å². The Morgan fingerprint density at radius 3 is 2.42 bits per heavy atom. The summed E-state index contributed by atoms with van der Waals surface area (Å²) in [5.74, 6) is 0. The molecular weight excluding hydrogens is 412 g/mol. The number of urea groups is 1. The second-order valence-corrected chi connectivity index (χ2v) is 10.9. The molecule has 8 heteroatoms. The summed E-state index contributed by atoms with van der Waals surface area (Å²) in [4.78, 5) is 15.2. The molecule has 1 aliphatic heterocycles. The van der Waals surface area contributed by atoms with Crippen LogP contribution in [0.25, 0.3) is 0 Å². The predicted molar refractivity (Wildman–Crippen MR) is 120 cm³/mol. The highest BCUT2D eigenvalue weighted by Gasteiger charge is 2.30. The normalized spacial score (nSPS) is 19.8. The first-order valence-corrected chi connectivity index (χ1v) is 12.7. The topological polar surface area (TPSA) is 83.4 Å². The van der Waals surface area contributed by atoms with Gasteiger partial charge in [-0.15, -0.1) is 0 Å². The highest BCUT2D eigenvalue weighted by Crippen LogP contribution is 2.38. The number of nitrogens with one attached hydrogen (secondary N) is 2. The molecule has 0 bridgehead atoms. The Labute approximate surface area is 183 Å². The number of benzene rings is 1. The summed E-state index contributed by atoms with van der Waals surface area (Å²) in [5, 5.41) is 2.92. The number of rotatable bonds is 4. The molecule has 2 aliphatic carbocycles. The van der Waals surface area contributed by atoms with Gasteiger partial charge in [-0.2, -0.15) is 0 Å². The smallest absolute Gasteiger partial charge is 0.333 e. The molecule has 2 amide bonds. The molecular formula is C23H30N4O3S. The SMILES string of the molecule is CN(C)C1CCn2ccc(S(=O)(=O)NC(=O)Nc3c4c(cc5c3CCC5)CCC4)c2C1. The largest absolute Gasteiger partial charge is 0.350 e. The third-order valence-corrected chi connectivity index (χ3v) is 8.53. The summed E-state index contributed by atoms with van der Waals surface area (Å²) in [6, 6.07) is 3.52. The number of sulfonamides is 1. The van der Waals surface area contributed by atoms with Crippen LogP contribution in [0.15, 0.2) is 23.2 Å². The molecule has 5 rings (SSSR count). The molecule has 2 aromatic rings. The van der Waals surface area contributed by atoms with Crippen LogP contribution < -0.4 is 10.0 Å². The minimum atomic E-state index is -3.96. The van der Waals surface area contributed by atoms with E-state index in [1.54, 1.807) is 6.07 Å². The highest BCUT2D eigenvalue weighted by molar-refractivity contribution is 7.90. The first-order chi connectivity index (χ1) is 14.8. The van der Waals surface area contributed by atoms with Gasteiger partial charge < -0.3 is 14.8 Å². The molecule has 3 aliphatic rings. The van der Waals surface area contributed by atoms with Crippen molar-refractivity contribution in [2.75, 3.05) is 19.4 Å². The summed E-state index contributed by atoms with van der Waals surface area (Å²) in [5.41, 5.74) is 6.59. The molecule has 0 spiro atoms. The summed E-state index contributed by atoms with van der Waals surface area (Å²) in [6.07, 6.45) is 9.53. The lowest BCUT2D eigenvalue weighted by Crippen LogP contribution is -2.38. The van der Waals surface area contributed by atoms with Crippen molar-refractivity contribution >= 4 is 21.7 Å². The number of likely N-dealkylation sites (N-methyl/N-ethyl adjacent to an activating group) is 1. The quantitative estimate of drug-likeness (QED) is 0.763. The second-order valence-electron chi connectivity index (χ2n) is 9.22. The van der Waals surface area contributed by atoms with Crippen LogP contribution in [0.1, 0.15) is 47.2 Å². The predicted octanol–water partition coefficient (Wildman–Crippen LogP) is 2.85. The Morgan fingerprint density at radius 1 is 1.10 bits per heavy atom. The van der Waals surface area contributed by atoms with Crippen molar-refractivity contribution in [3.8, 4) is 0 Å². The fourth-order valence-corrected chi connectivity index (χ4v) is 6.65. The van der Waals surface area contributed by atoms with Crippen LogP contribution in [-0.2, 0) is 48.7 Å². The zero-order chi connectivity index (χ0) is 21.8. The van der Waals surface area contributed by atoms with Crippen molar-refractivity contribution < 1.29 is 13.2 Å². The number of hydrogen-bond acceptors (Lipinski definition) is 4. The van der Waals surface area contributed by atoms with Gasteiger partial charge in [0.1, 0.15) is 4.90 Å². The van der Waals surface area contributed by atoms with Gasteiger partial charge in [-0.25, -0.2) is 17.9 Å². The van der Waals surface area contributed by atoms with Crippen molar-refractivity contribution in [1.29, 1.82) is 0 Å². The van der Waals surface area contributed by atoms with Crippen molar-refractivity contribution in [2.45, 2.75) is 68.8 Å². The maximum atomic E-state index is 13.1. The van der Waals surface area contributed by atoms with Crippen LogP contribution in [0.5, 0.6) is 0 Å². The fourth-order valence-electron chi connectivity index (χ4n) is 5.49. The zero-order valence-electron chi connectivity index (χ0n) is 18.2. The lowest BCUT2D eigenvalue weighted by atomic mass is 9.99. The Kier molecular flexibility index (Phi) is 5.09. The maximum absolute atomic E-state index is 13.1. The van der Waals surface area contributed by atoms with Gasteiger partial charge >= 0.3 is 6.03 Å². The minimum absolute atomic E-state index is 0.206. The van der Waals surface area contributed by atoms with Crippen LogP contribution >= 0.6 is 0 Å². The van der Waals surface area contributed by atoms with E-state index in [2.05, 4.69) is 21.0 Å². The number of aromatic nitrogens is 1. The molecule has 166 valence electrons. The van der Waals surface area contributed by atoms with Crippen LogP contribution in [0, 0.1) is 0 Å². The molecule has 1 aromatic heterocycles. The summed E-state index contributed by atoms with van der Waals surface area (Å²) in [6.45, 7) is 0.780. The van der Waals surface area contributed by atoms with E-state index in [9.17, 15) is 13.2 Å². The van der Waals surface area contributed by atoms with E-state index in [4.69, 9.17) is 0 Å². The highest BCUT2D eigenvalue weighted by atomic mass is 32.2. The van der Waals surface area contributed by atoms with E-state index in [-0.39, 0.29) is 4.90 Å². The third-order valence-electron chi connectivity index (χ3n) is 7.13. The average molecular weight is 443 g/mol. The first kappa shape index (κ1) is 20.6. The van der Waals surface area contributed by atoms with E-state index in [0.717, 1.165) is 62.9 Å². The van der Waals surface area contributed by atoms with Gasteiger partial charge in [-0.3, -0.25) is 0 Å². The van der Waals surface area contributed by atoms with E-state index in [1.165, 1.54) is 22.3 Å². The number of aryl methyl sites for hydroxylation is 3. The number of nitrogens with zero attached hydrogens (tertiary/aromatic N) is 2. The third kappa shape index (κ3) is 3.65. The van der Waals surface area contributed by atoms with Crippen LogP contribution in [0.4, 0.5) is 10.5 Å². The Hall–Kier alpha value is -2.32. The van der Waals surface area contributed by atoms with Crippen LogP contribution in [-0.4, -0.2) is 44.1 Å². The standard InChI is InChI=1S/C23H30N4O3S/c1-26(2)17-9-11-27-12-10-21(20(27)14-17)31(29,30)25-23(28)24-22-18-7-3-5-15(18)13-16-6-4-8-19(16)22/h10,12-13,17H,3-9,11,14H2,1-2H3,(H2,24,25,28). The molecule has 7 nitrogen and oxygen atoms in total. The number of fused-ring (bicyclic) bond motifs is 3. The summed E-state index contributed by atoms with van der Waals surface area (Å²) >= 11 is 0. The van der Waals surface area contributed by atoms with E-state index in [1.807, 2.05) is 24.9 Å². The van der Waals surface area contributed by atoms with Crippen molar-refractivity contribution in [3.05, 3.63) is 46.3 Å². The van der Waals surface area contributed by atoms with E-state index < -0.39 is 16.1 Å². The molecule has 0 fully saturated rings. The van der Waals surface area contributed by atoms with Crippen molar-refractivity contribution in [1.82, 2.24) is 14.2 Å². The Morgan fingerprint density at radius 2 is 1.77 bits per heavy atom. The van der Waals surface area contributed by atoms with Gasteiger partial charge in [0.2, 0.25) is 0 Å². The number of amides is 2.